The second-order valence-electron chi connectivity index (χ2n) is 6.09. The second-order valence-corrected chi connectivity index (χ2v) is 6.09. The fraction of sp³-hybridized carbons (Fsp3) is 1.00. The van der Waals surface area contributed by atoms with Crippen LogP contribution in [0, 0.1) is 0 Å². The van der Waals surface area contributed by atoms with Crippen LogP contribution in [0.5, 0.6) is 0 Å². The molecule has 0 aromatic rings. The molecule has 0 saturated carbocycles. The van der Waals surface area contributed by atoms with Gasteiger partial charge < -0.3 is 49.6 Å². The van der Waals surface area contributed by atoms with Crippen LogP contribution in [-0.4, -0.2) is 112 Å². The first-order valence-electron chi connectivity index (χ1n) is 7.78. The van der Waals surface area contributed by atoms with E-state index in [9.17, 15) is 30.6 Å². The second kappa shape index (κ2) is 8.32. The molecule has 2 saturated heterocycles. The summed E-state index contributed by atoms with van der Waals surface area (Å²) in [6.45, 7) is 0.819. The molecule has 2 heterocycles. The Morgan fingerprint density at radius 3 is 2.08 bits per heavy atom. The van der Waals surface area contributed by atoms with Crippen LogP contribution in [0.3, 0.4) is 0 Å². The number of hydrogen-bond acceptors (Lipinski definition) is 10. The van der Waals surface area contributed by atoms with Crippen LogP contribution in [-0.2, 0) is 18.9 Å². The third-order valence-corrected chi connectivity index (χ3v) is 4.47. The van der Waals surface area contributed by atoms with Gasteiger partial charge in [-0.1, -0.05) is 0 Å². The van der Waals surface area contributed by atoms with Crippen molar-refractivity contribution >= 4 is 0 Å². The van der Waals surface area contributed by atoms with Gasteiger partial charge in [-0.15, -0.1) is 0 Å². The van der Waals surface area contributed by atoms with E-state index in [2.05, 4.69) is 0 Å². The fourth-order valence-corrected chi connectivity index (χ4v) is 2.95. The largest absolute Gasteiger partial charge is 0.394 e. The molecule has 142 valence electrons. The van der Waals surface area contributed by atoms with Gasteiger partial charge in [-0.05, 0) is 6.92 Å². The van der Waals surface area contributed by atoms with Crippen LogP contribution in [0.15, 0.2) is 0 Å². The molecular weight excluding hydrogens is 328 g/mol. The third kappa shape index (κ3) is 3.88. The Bertz CT molecular complexity index is 394. The van der Waals surface area contributed by atoms with Crippen molar-refractivity contribution in [3.63, 3.8) is 0 Å². The summed E-state index contributed by atoms with van der Waals surface area (Å²) in [4.78, 5) is 0. The lowest BCUT2D eigenvalue weighted by atomic mass is 9.96. The van der Waals surface area contributed by atoms with Crippen molar-refractivity contribution in [2.24, 2.45) is 0 Å². The minimum Gasteiger partial charge on any atom is -0.394 e. The van der Waals surface area contributed by atoms with Crippen LogP contribution in [0.4, 0.5) is 0 Å². The zero-order valence-electron chi connectivity index (χ0n) is 13.5. The number of aliphatic hydroxyl groups is 6. The Kier molecular flexibility index (Phi) is 6.90. The molecular formula is C14H26O10. The van der Waals surface area contributed by atoms with Gasteiger partial charge in [0.2, 0.25) is 0 Å². The highest BCUT2D eigenvalue weighted by molar-refractivity contribution is 4.92. The van der Waals surface area contributed by atoms with Gasteiger partial charge in [0.15, 0.2) is 6.29 Å². The Morgan fingerprint density at radius 1 is 0.833 bits per heavy atom. The summed E-state index contributed by atoms with van der Waals surface area (Å²) in [5, 5.41) is 58.7. The third-order valence-electron chi connectivity index (χ3n) is 4.47. The van der Waals surface area contributed by atoms with E-state index in [-0.39, 0.29) is 6.61 Å². The molecule has 10 atom stereocenters. The Balaban J connectivity index is 1.95. The van der Waals surface area contributed by atoms with Gasteiger partial charge in [0, 0.05) is 7.11 Å². The van der Waals surface area contributed by atoms with Crippen molar-refractivity contribution in [1.29, 1.82) is 0 Å². The van der Waals surface area contributed by atoms with Crippen molar-refractivity contribution in [2.45, 2.75) is 68.1 Å². The molecule has 0 aliphatic carbocycles. The van der Waals surface area contributed by atoms with Crippen molar-refractivity contribution in [1.82, 2.24) is 0 Å². The molecule has 0 aromatic heterocycles. The minimum absolute atomic E-state index is 0.264. The maximum Gasteiger partial charge on any atom is 0.186 e. The summed E-state index contributed by atoms with van der Waals surface area (Å²) < 4.78 is 21.1. The first-order chi connectivity index (χ1) is 11.3. The fourth-order valence-electron chi connectivity index (χ4n) is 2.95. The van der Waals surface area contributed by atoms with Crippen molar-refractivity contribution in [3.8, 4) is 0 Å². The first-order valence-corrected chi connectivity index (χ1v) is 7.78. The lowest BCUT2D eigenvalue weighted by Crippen LogP contribution is -2.61. The standard InChI is InChI=1S/C14H26O10/c1-5-8(16)10(18)9(17)7(23-5)4-22-14-12(20)11(19)13(21-2)6(3-15)24-14/h5-20H,3-4H2,1-2H3/t5-,6-,7?,8?,9+,10-,11+,12?,13?,14-/m1/s1. The number of rotatable bonds is 5. The van der Waals surface area contributed by atoms with Gasteiger partial charge in [0.1, 0.15) is 48.8 Å². The lowest BCUT2D eigenvalue weighted by molar-refractivity contribution is -0.316. The summed E-state index contributed by atoms with van der Waals surface area (Å²) in [6, 6.07) is 0. The van der Waals surface area contributed by atoms with Gasteiger partial charge in [0.25, 0.3) is 0 Å². The van der Waals surface area contributed by atoms with Crippen LogP contribution >= 0.6 is 0 Å². The predicted molar refractivity (Wildman–Crippen MR) is 76.9 cm³/mol. The van der Waals surface area contributed by atoms with Crippen LogP contribution in [0.1, 0.15) is 6.92 Å². The molecule has 10 nitrogen and oxygen atoms in total. The van der Waals surface area contributed by atoms with E-state index in [1.807, 2.05) is 0 Å². The van der Waals surface area contributed by atoms with Gasteiger partial charge in [0.05, 0.1) is 19.3 Å². The first kappa shape index (κ1) is 19.9. The predicted octanol–water partition coefficient (Wildman–Crippen LogP) is -3.67. The molecule has 24 heavy (non-hydrogen) atoms. The van der Waals surface area contributed by atoms with Gasteiger partial charge in [-0.25, -0.2) is 0 Å². The zero-order valence-corrected chi connectivity index (χ0v) is 13.5. The monoisotopic (exact) mass is 354 g/mol. The number of methoxy groups -OCH3 is 1. The topological polar surface area (TPSA) is 158 Å². The smallest absolute Gasteiger partial charge is 0.186 e. The molecule has 2 aliphatic heterocycles. The van der Waals surface area contributed by atoms with E-state index >= 15 is 0 Å². The average molecular weight is 354 g/mol. The summed E-state index contributed by atoms with van der Waals surface area (Å²) in [7, 11) is 1.31. The average Bonchev–Trinajstić information content (AvgIpc) is 2.58. The highest BCUT2D eigenvalue weighted by Crippen LogP contribution is 2.26. The van der Waals surface area contributed by atoms with Crippen LogP contribution in [0.2, 0.25) is 0 Å². The van der Waals surface area contributed by atoms with Gasteiger partial charge in [-0.3, -0.25) is 0 Å². The maximum atomic E-state index is 10.0. The van der Waals surface area contributed by atoms with Crippen molar-refractivity contribution < 1.29 is 49.6 Å². The summed E-state index contributed by atoms with van der Waals surface area (Å²) >= 11 is 0. The summed E-state index contributed by atoms with van der Waals surface area (Å²) in [6.07, 6.45) is -11.6. The molecule has 0 bridgehead atoms. The molecule has 10 heteroatoms. The van der Waals surface area contributed by atoms with E-state index in [1.54, 1.807) is 0 Å². The van der Waals surface area contributed by atoms with Crippen LogP contribution in [0.25, 0.3) is 0 Å². The molecule has 2 aliphatic rings. The summed E-state index contributed by atoms with van der Waals surface area (Å²) in [5.41, 5.74) is 0. The molecule has 0 amide bonds. The van der Waals surface area contributed by atoms with Gasteiger partial charge >= 0.3 is 0 Å². The van der Waals surface area contributed by atoms with E-state index in [0.29, 0.717) is 0 Å². The molecule has 0 spiro atoms. The van der Waals surface area contributed by atoms with Gasteiger partial charge in [-0.2, -0.15) is 0 Å². The van der Waals surface area contributed by atoms with E-state index in [1.165, 1.54) is 14.0 Å². The Hall–Kier alpha value is -0.400. The minimum atomic E-state index is -1.44. The Labute approximate surface area is 139 Å². The number of aliphatic hydroxyl groups excluding tert-OH is 6. The van der Waals surface area contributed by atoms with E-state index in [0.717, 1.165) is 0 Å². The maximum absolute atomic E-state index is 10.0. The quantitative estimate of drug-likeness (QED) is 0.290. The zero-order chi connectivity index (χ0) is 18.0. The molecule has 0 aromatic carbocycles. The molecule has 2 rings (SSSR count). The summed E-state index contributed by atoms with van der Waals surface area (Å²) in [5.74, 6) is 0. The Morgan fingerprint density at radius 2 is 1.50 bits per heavy atom. The number of ether oxygens (including phenoxy) is 4. The normalized spacial score (nSPS) is 50.0. The van der Waals surface area contributed by atoms with E-state index < -0.39 is 67.8 Å². The SMILES string of the molecule is COC1[C@@H](O)C(O)[C@H](OCC2O[C@H](C)C(O)[C@@H](O)[C@H]2O)O[C@@H]1CO. The van der Waals surface area contributed by atoms with Crippen molar-refractivity contribution in [2.75, 3.05) is 20.3 Å². The number of hydrogen-bond donors (Lipinski definition) is 6. The highest BCUT2D eigenvalue weighted by Gasteiger charge is 2.47. The highest BCUT2D eigenvalue weighted by atomic mass is 16.7. The molecule has 6 N–H and O–H groups in total. The molecule has 0 radical (unpaired) electrons. The lowest BCUT2D eigenvalue weighted by Gasteiger charge is -2.43. The van der Waals surface area contributed by atoms with Crippen molar-refractivity contribution in [3.05, 3.63) is 0 Å². The molecule has 4 unspecified atom stereocenters. The van der Waals surface area contributed by atoms with Crippen LogP contribution < -0.4 is 0 Å². The molecule has 2 fully saturated rings. The van der Waals surface area contributed by atoms with E-state index in [4.69, 9.17) is 18.9 Å².